The predicted octanol–water partition coefficient (Wildman–Crippen LogP) is 3.87. The van der Waals surface area contributed by atoms with Crippen molar-refractivity contribution in [1.29, 1.82) is 0 Å². The fraction of sp³-hybridized carbons (Fsp3) is 0.200. The molecule has 4 aromatic rings. The van der Waals surface area contributed by atoms with Crippen molar-refractivity contribution < 1.29 is 9.15 Å². The minimum Gasteiger partial charge on any atom is -0.492 e. The summed E-state index contributed by atoms with van der Waals surface area (Å²) in [6, 6.07) is 12.3. The summed E-state index contributed by atoms with van der Waals surface area (Å²) in [5.74, 6) is 0.448. The van der Waals surface area contributed by atoms with E-state index < -0.39 is 5.63 Å². The number of nitrogens with zero attached hydrogens (tertiary/aromatic N) is 1. The van der Waals surface area contributed by atoms with Gasteiger partial charge in [0, 0.05) is 24.1 Å². The first-order valence-corrected chi connectivity index (χ1v) is 8.95. The van der Waals surface area contributed by atoms with E-state index in [0.717, 1.165) is 22.0 Å². The summed E-state index contributed by atoms with van der Waals surface area (Å²) in [7, 11) is 0. The smallest absolute Gasteiger partial charge is 0.336 e. The van der Waals surface area contributed by atoms with Crippen molar-refractivity contribution in [3.8, 4) is 5.75 Å². The van der Waals surface area contributed by atoms with Crippen LogP contribution >= 0.6 is 11.6 Å². The predicted molar refractivity (Wildman–Crippen MR) is 105 cm³/mol. The van der Waals surface area contributed by atoms with Gasteiger partial charge in [-0.2, -0.15) is 0 Å². The molecular weight excluding hydrogens is 368 g/mol. The summed E-state index contributed by atoms with van der Waals surface area (Å²) in [6.07, 6.45) is 0.619. The minimum atomic E-state index is -0.410. The number of hydrogen-bond donors (Lipinski definition) is 1. The van der Waals surface area contributed by atoms with Crippen LogP contribution in [-0.2, 0) is 6.54 Å². The van der Waals surface area contributed by atoms with E-state index in [0.29, 0.717) is 35.9 Å². The van der Waals surface area contributed by atoms with E-state index in [1.165, 1.54) is 6.07 Å². The van der Waals surface area contributed by atoms with Crippen LogP contribution in [0.5, 0.6) is 5.75 Å². The van der Waals surface area contributed by atoms with Gasteiger partial charge in [-0.05, 0) is 37.1 Å². The number of halogens is 1. The number of benzene rings is 2. The molecule has 2 heterocycles. The van der Waals surface area contributed by atoms with Gasteiger partial charge in [0.05, 0.1) is 22.7 Å². The summed E-state index contributed by atoms with van der Waals surface area (Å²) in [6.45, 7) is 2.71. The molecule has 2 aromatic carbocycles. The molecule has 0 bridgehead atoms. The number of nitrogens with one attached hydrogen (secondary N) is 1. The van der Waals surface area contributed by atoms with E-state index in [4.69, 9.17) is 20.8 Å². The Morgan fingerprint density at radius 3 is 2.85 bits per heavy atom. The lowest BCUT2D eigenvalue weighted by atomic mass is 10.1. The lowest BCUT2D eigenvalue weighted by molar-refractivity contribution is 0.302. The Morgan fingerprint density at radius 2 is 2.00 bits per heavy atom. The Morgan fingerprint density at radius 1 is 1.19 bits per heavy atom. The number of aromatic amines is 1. The molecule has 0 aliphatic rings. The van der Waals surface area contributed by atoms with Crippen LogP contribution in [0.4, 0.5) is 0 Å². The standard InChI is InChI=1S/C20H17ClN2O4/c1-12-9-19(24)27-17-11-18(14(21)10-13(12)17)26-8-4-7-23-16-6-3-2-5-15(16)22-20(23)25/h2-3,5-6,9-11H,4,7-8H2,1H3,(H,22,25). The second-order valence-electron chi connectivity index (χ2n) is 6.33. The van der Waals surface area contributed by atoms with Gasteiger partial charge in [0.15, 0.2) is 0 Å². The van der Waals surface area contributed by atoms with Crippen LogP contribution < -0.4 is 16.1 Å². The molecule has 0 spiro atoms. The highest BCUT2D eigenvalue weighted by Crippen LogP contribution is 2.31. The van der Waals surface area contributed by atoms with E-state index in [1.807, 2.05) is 31.2 Å². The van der Waals surface area contributed by atoms with Crippen molar-refractivity contribution in [2.24, 2.45) is 0 Å². The van der Waals surface area contributed by atoms with Crippen LogP contribution in [-0.4, -0.2) is 16.2 Å². The average Bonchev–Trinajstić information content (AvgIpc) is 2.95. The van der Waals surface area contributed by atoms with Gasteiger partial charge < -0.3 is 14.1 Å². The topological polar surface area (TPSA) is 77.2 Å². The number of H-pyrrole nitrogens is 1. The SMILES string of the molecule is Cc1cc(=O)oc2cc(OCCCn3c(=O)[nH]c4ccccc43)c(Cl)cc12. The summed E-state index contributed by atoms with van der Waals surface area (Å²) in [5, 5.41) is 1.22. The molecule has 4 rings (SSSR count). The molecule has 0 aliphatic carbocycles. The van der Waals surface area contributed by atoms with Gasteiger partial charge in [-0.25, -0.2) is 9.59 Å². The Kier molecular flexibility index (Phi) is 4.49. The molecule has 0 aliphatic heterocycles. The Bertz CT molecular complexity index is 1250. The third-order valence-corrected chi connectivity index (χ3v) is 4.76. The molecule has 27 heavy (non-hydrogen) atoms. The van der Waals surface area contributed by atoms with Gasteiger partial charge in [-0.3, -0.25) is 4.57 Å². The second kappa shape index (κ2) is 6.96. The van der Waals surface area contributed by atoms with E-state index in [2.05, 4.69) is 4.98 Å². The zero-order chi connectivity index (χ0) is 19.0. The third kappa shape index (κ3) is 3.36. The van der Waals surface area contributed by atoms with Crippen LogP contribution in [0.25, 0.3) is 22.0 Å². The number of aryl methyl sites for hydroxylation is 2. The van der Waals surface area contributed by atoms with Crippen LogP contribution in [0.15, 0.2) is 56.5 Å². The molecule has 0 saturated heterocycles. The molecule has 0 atom stereocenters. The summed E-state index contributed by atoms with van der Waals surface area (Å²) >= 11 is 6.29. The van der Waals surface area contributed by atoms with Crippen LogP contribution in [0.1, 0.15) is 12.0 Å². The molecule has 6 nitrogen and oxygen atoms in total. The van der Waals surface area contributed by atoms with Gasteiger partial charge in [-0.15, -0.1) is 0 Å². The summed E-state index contributed by atoms with van der Waals surface area (Å²) in [4.78, 5) is 26.5. The van der Waals surface area contributed by atoms with Gasteiger partial charge in [0.1, 0.15) is 11.3 Å². The highest BCUT2D eigenvalue weighted by molar-refractivity contribution is 6.32. The van der Waals surface area contributed by atoms with Crippen molar-refractivity contribution in [3.63, 3.8) is 0 Å². The number of rotatable bonds is 5. The first-order valence-electron chi connectivity index (χ1n) is 8.57. The Labute approximate surface area is 158 Å². The maximum Gasteiger partial charge on any atom is 0.336 e. The van der Waals surface area contributed by atoms with E-state index in [9.17, 15) is 9.59 Å². The largest absolute Gasteiger partial charge is 0.492 e. The number of aromatic nitrogens is 2. The Hall–Kier alpha value is -2.99. The zero-order valence-electron chi connectivity index (χ0n) is 14.6. The molecule has 1 N–H and O–H groups in total. The highest BCUT2D eigenvalue weighted by atomic mass is 35.5. The summed E-state index contributed by atoms with van der Waals surface area (Å²) < 4.78 is 12.7. The van der Waals surface area contributed by atoms with E-state index >= 15 is 0 Å². The van der Waals surface area contributed by atoms with Crippen molar-refractivity contribution in [2.45, 2.75) is 19.9 Å². The second-order valence-corrected chi connectivity index (χ2v) is 6.74. The normalized spacial score (nSPS) is 11.3. The summed E-state index contributed by atoms with van der Waals surface area (Å²) in [5.41, 5.74) is 2.36. The molecule has 0 unspecified atom stereocenters. The lowest BCUT2D eigenvalue weighted by Gasteiger charge is -2.10. The monoisotopic (exact) mass is 384 g/mol. The third-order valence-electron chi connectivity index (χ3n) is 4.47. The quantitative estimate of drug-likeness (QED) is 0.418. The molecule has 0 saturated carbocycles. The van der Waals surface area contributed by atoms with Gasteiger partial charge in [-0.1, -0.05) is 23.7 Å². The first-order chi connectivity index (χ1) is 13.0. The minimum absolute atomic E-state index is 0.141. The van der Waals surface area contributed by atoms with Crippen LogP contribution in [0.2, 0.25) is 5.02 Å². The van der Waals surface area contributed by atoms with E-state index in [1.54, 1.807) is 16.7 Å². The maximum absolute atomic E-state index is 12.1. The highest BCUT2D eigenvalue weighted by Gasteiger charge is 2.10. The van der Waals surface area contributed by atoms with Gasteiger partial charge >= 0.3 is 11.3 Å². The number of para-hydroxylation sites is 2. The fourth-order valence-corrected chi connectivity index (χ4v) is 3.38. The van der Waals surface area contributed by atoms with Gasteiger partial charge in [0.25, 0.3) is 0 Å². The molecular formula is C20H17ClN2O4. The van der Waals surface area contributed by atoms with Crippen molar-refractivity contribution >= 4 is 33.6 Å². The Balaban J connectivity index is 1.49. The van der Waals surface area contributed by atoms with E-state index in [-0.39, 0.29) is 5.69 Å². The zero-order valence-corrected chi connectivity index (χ0v) is 15.4. The van der Waals surface area contributed by atoms with Crippen molar-refractivity contribution in [2.75, 3.05) is 6.61 Å². The first kappa shape index (κ1) is 17.4. The fourth-order valence-electron chi connectivity index (χ4n) is 3.16. The van der Waals surface area contributed by atoms with Crippen LogP contribution in [0, 0.1) is 6.92 Å². The maximum atomic E-state index is 12.1. The van der Waals surface area contributed by atoms with Crippen LogP contribution in [0.3, 0.4) is 0 Å². The molecule has 0 radical (unpaired) electrons. The average molecular weight is 385 g/mol. The number of ether oxygens (including phenoxy) is 1. The lowest BCUT2D eigenvalue weighted by Crippen LogP contribution is -2.18. The number of imidazole rings is 1. The van der Waals surface area contributed by atoms with Crippen molar-refractivity contribution in [1.82, 2.24) is 9.55 Å². The van der Waals surface area contributed by atoms with Crippen molar-refractivity contribution in [3.05, 3.63) is 74.0 Å². The molecule has 0 fully saturated rings. The molecule has 138 valence electrons. The van der Waals surface area contributed by atoms with Gasteiger partial charge in [0.2, 0.25) is 0 Å². The molecule has 7 heteroatoms. The number of hydrogen-bond acceptors (Lipinski definition) is 4. The number of fused-ring (bicyclic) bond motifs is 2. The molecule has 2 aromatic heterocycles. The molecule has 0 amide bonds.